The average molecular weight is 199 g/mol. The van der Waals surface area contributed by atoms with E-state index in [9.17, 15) is 4.79 Å². The number of likely N-dealkylation sites (N-methyl/N-ethyl adjacent to an activating group) is 1. The summed E-state index contributed by atoms with van der Waals surface area (Å²) in [5.74, 6) is 0.591. The zero-order valence-corrected chi connectivity index (χ0v) is 10.3. The predicted molar refractivity (Wildman–Crippen MR) is 61.5 cm³/mol. The Morgan fingerprint density at radius 1 is 1.14 bits per heavy atom. The highest BCUT2D eigenvalue weighted by atomic mass is 16.1. The third kappa shape index (κ3) is 4.23. The second-order valence-corrected chi connectivity index (χ2v) is 4.16. The van der Waals surface area contributed by atoms with Crippen molar-refractivity contribution in [3.05, 3.63) is 0 Å². The standard InChI is InChI=1S/C12H25NO/c1-6-10(4)12(14)9-13(5)11(7-2)8-3/h10-11H,6-9H2,1-5H3. The van der Waals surface area contributed by atoms with E-state index in [4.69, 9.17) is 0 Å². The van der Waals surface area contributed by atoms with Gasteiger partial charge in [-0.2, -0.15) is 0 Å². The summed E-state index contributed by atoms with van der Waals surface area (Å²) in [4.78, 5) is 13.9. The van der Waals surface area contributed by atoms with E-state index in [-0.39, 0.29) is 5.92 Å². The number of ketones is 1. The molecular formula is C12H25NO. The van der Waals surface area contributed by atoms with E-state index in [1.807, 2.05) is 6.92 Å². The maximum Gasteiger partial charge on any atom is 0.149 e. The molecule has 0 aliphatic carbocycles. The van der Waals surface area contributed by atoms with Gasteiger partial charge < -0.3 is 0 Å². The van der Waals surface area contributed by atoms with Crippen molar-refractivity contribution in [3.8, 4) is 0 Å². The number of hydrogen-bond acceptors (Lipinski definition) is 2. The maximum atomic E-state index is 11.7. The highest BCUT2D eigenvalue weighted by Crippen LogP contribution is 2.09. The molecule has 0 heterocycles. The van der Waals surface area contributed by atoms with Gasteiger partial charge in [0.25, 0.3) is 0 Å². The summed E-state index contributed by atoms with van der Waals surface area (Å²) in [6.07, 6.45) is 3.21. The van der Waals surface area contributed by atoms with Crippen LogP contribution >= 0.6 is 0 Å². The molecule has 1 unspecified atom stereocenters. The fraction of sp³-hybridized carbons (Fsp3) is 0.917. The van der Waals surface area contributed by atoms with E-state index in [1.165, 1.54) is 0 Å². The quantitative estimate of drug-likeness (QED) is 0.628. The summed E-state index contributed by atoms with van der Waals surface area (Å²) >= 11 is 0. The first kappa shape index (κ1) is 13.6. The molecule has 0 aromatic rings. The van der Waals surface area contributed by atoms with Crippen LogP contribution in [-0.2, 0) is 4.79 Å². The smallest absolute Gasteiger partial charge is 0.149 e. The lowest BCUT2D eigenvalue weighted by atomic mass is 10.0. The number of Topliss-reactive ketones (excluding diaryl/α,β-unsaturated/α-hetero) is 1. The molecule has 0 saturated heterocycles. The Labute approximate surface area is 88.7 Å². The Bertz CT molecular complexity index is 164. The molecule has 2 nitrogen and oxygen atoms in total. The van der Waals surface area contributed by atoms with Gasteiger partial charge >= 0.3 is 0 Å². The van der Waals surface area contributed by atoms with Crippen molar-refractivity contribution in [2.24, 2.45) is 5.92 Å². The van der Waals surface area contributed by atoms with E-state index >= 15 is 0 Å². The third-order valence-corrected chi connectivity index (χ3v) is 3.13. The SMILES string of the molecule is CCC(C)C(=O)CN(C)C(CC)CC. The topological polar surface area (TPSA) is 20.3 Å². The first-order valence-corrected chi connectivity index (χ1v) is 5.79. The lowest BCUT2D eigenvalue weighted by Gasteiger charge is -2.26. The Hall–Kier alpha value is -0.370. The molecule has 0 saturated carbocycles. The van der Waals surface area contributed by atoms with E-state index in [1.54, 1.807) is 0 Å². The molecule has 0 fully saturated rings. The zero-order chi connectivity index (χ0) is 11.1. The van der Waals surface area contributed by atoms with Crippen LogP contribution in [0.15, 0.2) is 0 Å². The number of nitrogens with zero attached hydrogens (tertiary/aromatic N) is 1. The van der Waals surface area contributed by atoms with Crippen molar-refractivity contribution >= 4 is 5.78 Å². The Balaban J connectivity index is 4.03. The molecule has 0 aromatic heterocycles. The molecule has 0 bridgehead atoms. The molecule has 0 N–H and O–H groups in total. The minimum atomic E-state index is 0.215. The summed E-state index contributed by atoms with van der Waals surface area (Å²) in [7, 11) is 2.05. The van der Waals surface area contributed by atoms with Gasteiger partial charge in [-0.1, -0.05) is 27.7 Å². The molecular weight excluding hydrogens is 174 g/mol. The van der Waals surface area contributed by atoms with Crippen LogP contribution in [-0.4, -0.2) is 30.3 Å². The average Bonchev–Trinajstić information content (AvgIpc) is 2.18. The number of rotatable bonds is 7. The fourth-order valence-electron chi connectivity index (χ4n) is 1.67. The van der Waals surface area contributed by atoms with E-state index in [0.717, 1.165) is 19.3 Å². The zero-order valence-electron chi connectivity index (χ0n) is 10.3. The van der Waals surface area contributed by atoms with E-state index in [2.05, 4.69) is 32.7 Å². The summed E-state index contributed by atoms with van der Waals surface area (Å²) in [6, 6.07) is 0.558. The Morgan fingerprint density at radius 2 is 1.64 bits per heavy atom. The van der Waals surface area contributed by atoms with Gasteiger partial charge in [0.15, 0.2) is 0 Å². The molecule has 0 radical (unpaired) electrons. The van der Waals surface area contributed by atoms with Crippen molar-refractivity contribution in [2.45, 2.75) is 53.0 Å². The third-order valence-electron chi connectivity index (χ3n) is 3.13. The van der Waals surface area contributed by atoms with Crippen molar-refractivity contribution in [3.63, 3.8) is 0 Å². The Morgan fingerprint density at radius 3 is 2.00 bits per heavy atom. The molecule has 0 aliphatic heterocycles. The molecule has 0 spiro atoms. The molecule has 1 atom stereocenters. The van der Waals surface area contributed by atoms with E-state index < -0.39 is 0 Å². The molecule has 2 heteroatoms. The summed E-state index contributed by atoms with van der Waals surface area (Å²) in [6.45, 7) is 9.06. The van der Waals surface area contributed by atoms with Crippen LogP contribution in [0.25, 0.3) is 0 Å². The van der Waals surface area contributed by atoms with Gasteiger partial charge in [-0.3, -0.25) is 9.69 Å². The van der Waals surface area contributed by atoms with Crippen LogP contribution in [0.3, 0.4) is 0 Å². The van der Waals surface area contributed by atoms with Crippen LogP contribution in [0.5, 0.6) is 0 Å². The maximum absolute atomic E-state index is 11.7. The predicted octanol–water partition coefficient (Wildman–Crippen LogP) is 2.72. The first-order valence-electron chi connectivity index (χ1n) is 5.79. The van der Waals surface area contributed by atoms with E-state index in [0.29, 0.717) is 18.4 Å². The molecule has 84 valence electrons. The van der Waals surface area contributed by atoms with Gasteiger partial charge in [0.1, 0.15) is 5.78 Å². The summed E-state index contributed by atoms with van der Waals surface area (Å²) < 4.78 is 0. The van der Waals surface area contributed by atoms with Gasteiger partial charge in [-0.05, 0) is 26.3 Å². The minimum absolute atomic E-state index is 0.215. The largest absolute Gasteiger partial charge is 0.298 e. The summed E-state index contributed by atoms with van der Waals surface area (Å²) in [5, 5.41) is 0. The molecule has 0 aliphatic rings. The molecule has 0 rings (SSSR count). The van der Waals surface area contributed by atoms with Crippen LogP contribution in [0, 0.1) is 5.92 Å². The van der Waals surface area contributed by atoms with Crippen molar-refractivity contribution in [2.75, 3.05) is 13.6 Å². The lowest BCUT2D eigenvalue weighted by Crippen LogP contribution is -2.36. The van der Waals surface area contributed by atoms with Crippen LogP contribution in [0.4, 0.5) is 0 Å². The van der Waals surface area contributed by atoms with Gasteiger partial charge in [0, 0.05) is 12.0 Å². The Kier molecular flexibility index (Phi) is 6.81. The van der Waals surface area contributed by atoms with Crippen molar-refractivity contribution < 1.29 is 4.79 Å². The highest BCUT2D eigenvalue weighted by molar-refractivity contribution is 5.82. The van der Waals surface area contributed by atoms with Crippen LogP contribution in [0.2, 0.25) is 0 Å². The second-order valence-electron chi connectivity index (χ2n) is 4.16. The first-order chi connectivity index (χ1) is 6.56. The minimum Gasteiger partial charge on any atom is -0.298 e. The lowest BCUT2D eigenvalue weighted by molar-refractivity contribution is -0.123. The second kappa shape index (κ2) is 6.99. The van der Waals surface area contributed by atoms with Crippen molar-refractivity contribution in [1.29, 1.82) is 0 Å². The van der Waals surface area contributed by atoms with Crippen LogP contribution < -0.4 is 0 Å². The molecule has 0 amide bonds. The van der Waals surface area contributed by atoms with Crippen LogP contribution in [0.1, 0.15) is 47.0 Å². The fourth-order valence-corrected chi connectivity index (χ4v) is 1.67. The highest BCUT2D eigenvalue weighted by Gasteiger charge is 2.17. The van der Waals surface area contributed by atoms with Gasteiger partial charge in [0.05, 0.1) is 6.54 Å². The molecule has 0 aromatic carbocycles. The number of carbonyl (C=O) groups is 1. The normalized spacial score (nSPS) is 13.6. The van der Waals surface area contributed by atoms with Gasteiger partial charge in [-0.25, -0.2) is 0 Å². The van der Waals surface area contributed by atoms with Gasteiger partial charge in [0.2, 0.25) is 0 Å². The number of carbonyl (C=O) groups excluding carboxylic acids is 1. The summed E-state index contributed by atoms with van der Waals surface area (Å²) in [5.41, 5.74) is 0. The van der Waals surface area contributed by atoms with Crippen molar-refractivity contribution in [1.82, 2.24) is 4.90 Å². The molecule has 14 heavy (non-hydrogen) atoms. The monoisotopic (exact) mass is 199 g/mol. The number of hydrogen-bond donors (Lipinski definition) is 0. The van der Waals surface area contributed by atoms with Gasteiger partial charge in [-0.15, -0.1) is 0 Å².